The molecule has 0 spiro atoms. The van der Waals surface area contributed by atoms with Crippen LogP contribution >= 0.6 is 0 Å². The van der Waals surface area contributed by atoms with Gasteiger partial charge >= 0.3 is 0 Å². The van der Waals surface area contributed by atoms with Crippen LogP contribution in [0.15, 0.2) is 53.3 Å². The van der Waals surface area contributed by atoms with Gasteiger partial charge in [-0.15, -0.1) is 0 Å². The zero-order chi connectivity index (χ0) is 21.1. The van der Waals surface area contributed by atoms with Crippen molar-refractivity contribution in [3.8, 4) is 11.4 Å². The zero-order valence-corrected chi connectivity index (χ0v) is 16.8. The summed E-state index contributed by atoms with van der Waals surface area (Å²) in [5.41, 5.74) is 6.98. The highest BCUT2D eigenvalue weighted by Crippen LogP contribution is 2.24. The molecule has 1 fully saturated rings. The average molecular weight is 408 g/mol. The number of hydrogen-bond acceptors (Lipinski definition) is 6. The van der Waals surface area contributed by atoms with Crippen LogP contribution in [-0.4, -0.2) is 53.3 Å². The van der Waals surface area contributed by atoms with Crippen LogP contribution in [0.2, 0.25) is 0 Å². The monoisotopic (exact) mass is 408 g/mol. The van der Waals surface area contributed by atoms with Gasteiger partial charge in [-0.2, -0.15) is 0 Å². The number of amides is 1. The molecule has 8 nitrogen and oxygen atoms in total. The maximum absolute atomic E-state index is 13.5. The van der Waals surface area contributed by atoms with E-state index in [0.29, 0.717) is 54.5 Å². The van der Waals surface area contributed by atoms with E-state index < -0.39 is 6.04 Å². The Bertz CT molecular complexity index is 1110. The number of fused-ring (bicyclic) bond motifs is 1. The number of rotatable bonds is 5. The third-order valence-corrected chi connectivity index (χ3v) is 5.02. The molecule has 1 aromatic heterocycles. The topological polar surface area (TPSA) is 99.7 Å². The van der Waals surface area contributed by atoms with Crippen molar-refractivity contribution in [3.63, 3.8) is 0 Å². The maximum Gasteiger partial charge on any atom is 0.269 e. The third kappa shape index (κ3) is 3.92. The highest BCUT2D eigenvalue weighted by molar-refractivity contribution is 5.85. The zero-order valence-electron chi connectivity index (χ0n) is 16.8. The molecule has 2 N–H and O–H groups in total. The second kappa shape index (κ2) is 8.64. The van der Waals surface area contributed by atoms with Crippen molar-refractivity contribution in [2.45, 2.75) is 13.0 Å². The predicted molar refractivity (Wildman–Crippen MR) is 113 cm³/mol. The molecule has 156 valence electrons. The molecule has 3 aromatic rings. The third-order valence-electron chi connectivity index (χ3n) is 5.02. The van der Waals surface area contributed by atoms with Crippen molar-refractivity contribution in [2.24, 2.45) is 5.73 Å². The Morgan fingerprint density at radius 3 is 2.60 bits per heavy atom. The first-order chi connectivity index (χ1) is 14.6. The minimum Gasteiger partial charge on any atom is -0.483 e. The van der Waals surface area contributed by atoms with E-state index in [4.69, 9.17) is 15.2 Å². The molecule has 1 aliphatic rings. The summed E-state index contributed by atoms with van der Waals surface area (Å²) in [4.78, 5) is 32.3. The molecule has 1 unspecified atom stereocenters. The molecular weight excluding hydrogens is 384 g/mol. The van der Waals surface area contributed by atoms with Crippen LogP contribution in [-0.2, 0) is 9.53 Å². The number of ether oxygens (including phenoxy) is 2. The minimum atomic E-state index is -0.449. The van der Waals surface area contributed by atoms with E-state index in [0.717, 1.165) is 0 Å². The molecule has 1 aliphatic heterocycles. The van der Waals surface area contributed by atoms with Crippen molar-refractivity contribution < 1.29 is 14.3 Å². The van der Waals surface area contributed by atoms with Gasteiger partial charge in [0.1, 0.15) is 17.0 Å². The molecule has 1 saturated heterocycles. The molecule has 8 heteroatoms. The van der Waals surface area contributed by atoms with Gasteiger partial charge in [-0.25, -0.2) is 4.98 Å². The van der Waals surface area contributed by atoms with Crippen LogP contribution < -0.4 is 16.0 Å². The molecule has 2 heterocycles. The minimum absolute atomic E-state index is 0.140. The maximum atomic E-state index is 13.5. The van der Waals surface area contributed by atoms with Crippen LogP contribution in [0.3, 0.4) is 0 Å². The number of hydrogen-bond donors (Lipinski definition) is 1. The number of morpholine rings is 1. The lowest BCUT2D eigenvalue weighted by Crippen LogP contribution is -2.43. The van der Waals surface area contributed by atoms with Gasteiger partial charge in [0.25, 0.3) is 11.5 Å². The Morgan fingerprint density at radius 1 is 1.17 bits per heavy atom. The molecular formula is C22H24N4O4. The van der Waals surface area contributed by atoms with E-state index in [9.17, 15) is 9.59 Å². The van der Waals surface area contributed by atoms with Crippen LogP contribution in [0.4, 0.5) is 0 Å². The van der Waals surface area contributed by atoms with Gasteiger partial charge < -0.3 is 20.1 Å². The fourth-order valence-electron chi connectivity index (χ4n) is 3.51. The fourth-order valence-corrected chi connectivity index (χ4v) is 3.51. The first-order valence-corrected chi connectivity index (χ1v) is 9.91. The molecule has 0 aliphatic carbocycles. The summed E-state index contributed by atoms with van der Waals surface area (Å²) < 4.78 is 12.6. The number of carbonyl (C=O) groups excluding carboxylic acids is 1. The molecule has 0 saturated carbocycles. The molecule has 30 heavy (non-hydrogen) atoms. The molecule has 0 bridgehead atoms. The number of nitrogens with two attached hydrogens (primary N) is 1. The summed E-state index contributed by atoms with van der Waals surface area (Å²) >= 11 is 0. The van der Waals surface area contributed by atoms with Gasteiger partial charge in [-0.3, -0.25) is 14.2 Å². The van der Waals surface area contributed by atoms with Crippen LogP contribution in [0.1, 0.15) is 18.8 Å². The smallest absolute Gasteiger partial charge is 0.269 e. The lowest BCUT2D eigenvalue weighted by molar-refractivity contribution is -0.137. The predicted octanol–water partition coefficient (Wildman–Crippen LogP) is 1.64. The van der Waals surface area contributed by atoms with Crippen molar-refractivity contribution >= 4 is 16.8 Å². The number of aromatic nitrogens is 2. The van der Waals surface area contributed by atoms with Crippen LogP contribution in [0.5, 0.6) is 5.75 Å². The summed E-state index contributed by atoms with van der Waals surface area (Å²) in [7, 11) is 0. The van der Waals surface area contributed by atoms with E-state index >= 15 is 0 Å². The number of nitrogens with zero attached hydrogens (tertiary/aromatic N) is 3. The quantitative estimate of drug-likeness (QED) is 0.689. The van der Waals surface area contributed by atoms with Gasteiger partial charge in [-0.05, 0) is 31.2 Å². The Morgan fingerprint density at radius 2 is 1.90 bits per heavy atom. The van der Waals surface area contributed by atoms with Crippen LogP contribution in [0.25, 0.3) is 16.6 Å². The summed E-state index contributed by atoms with van der Waals surface area (Å²) in [6.07, 6.45) is 0. The van der Waals surface area contributed by atoms with E-state index in [1.807, 2.05) is 30.3 Å². The Kier molecular flexibility index (Phi) is 5.78. The van der Waals surface area contributed by atoms with Crippen molar-refractivity contribution in [1.29, 1.82) is 0 Å². The molecule has 1 amide bonds. The van der Waals surface area contributed by atoms with E-state index in [-0.39, 0.29) is 18.1 Å². The van der Waals surface area contributed by atoms with Crippen molar-refractivity contribution in [1.82, 2.24) is 14.5 Å². The Labute approximate surface area is 173 Å². The summed E-state index contributed by atoms with van der Waals surface area (Å²) in [5, 5.41) is 0.320. The van der Waals surface area contributed by atoms with Gasteiger partial charge in [0, 0.05) is 13.1 Å². The van der Waals surface area contributed by atoms with Gasteiger partial charge in [0.2, 0.25) is 0 Å². The van der Waals surface area contributed by atoms with Gasteiger partial charge in [0.15, 0.2) is 6.61 Å². The summed E-state index contributed by atoms with van der Waals surface area (Å²) in [6, 6.07) is 13.9. The van der Waals surface area contributed by atoms with Crippen molar-refractivity contribution in [3.05, 3.63) is 64.7 Å². The highest BCUT2D eigenvalue weighted by atomic mass is 16.5. The first-order valence-electron chi connectivity index (χ1n) is 9.91. The molecule has 4 rings (SSSR count). The van der Waals surface area contributed by atoms with Crippen LogP contribution in [0, 0.1) is 0 Å². The Balaban J connectivity index is 1.75. The standard InChI is InChI=1S/C22H24N4O4/c1-15(23)21-24-17-8-5-9-18(30-14-19(27)25-10-12-29-13-11-25)20(17)22(28)26(21)16-6-3-2-4-7-16/h2-9,15H,10-14,23H2,1H3. The Hall–Kier alpha value is -3.23. The number of para-hydroxylation sites is 1. The van der Waals surface area contributed by atoms with E-state index in [2.05, 4.69) is 4.98 Å². The van der Waals surface area contributed by atoms with E-state index in [1.54, 1.807) is 30.0 Å². The molecule has 1 atom stereocenters. The summed E-state index contributed by atoms with van der Waals surface area (Å²) in [6.45, 7) is 3.75. The molecule has 2 aromatic carbocycles. The molecule has 0 radical (unpaired) electrons. The first kappa shape index (κ1) is 20.1. The van der Waals surface area contributed by atoms with Gasteiger partial charge in [0.05, 0.1) is 30.5 Å². The summed E-state index contributed by atoms with van der Waals surface area (Å²) in [5.74, 6) is 0.645. The average Bonchev–Trinajstić information content (AvgIpc) is 2.78. The largest absolute Gasteiger partial charge is 0.483 e. The number of benzene rings is 2. The van der Waals surface area contributed by atoms with Crippen molar-refractivity contribution in [2.75, 3.05) is 32.9 Å². The van der Waals surface area contributed by atoms with E-state index in [1.165, 1.54) is 4.57 Å². The number of carbonyl (C=O) groups is 1. The SMILES string of the molecule is CC(N)c1nc2cccc(OCC(=O)N3CCOCC3)c2c(=O)n1-c1ccccc1. The second-order valence-corrected chi connectivity index (χ2v) is 7.17. The highest BCUT2D eigenvalue weighted by Gasteiger charge is 2.20. The lowest BCUT2D eigenvalue weighted by atomic mass is 10.2. The lowest BCUT2D eigenvalue weighted by Gasteiger charge is -2.26. The fraction of sp³-hybridized carbons (Fsp3) is 0.318. The second-order valence-electron chi connectivity index (χ2n) is 7.17. The normalized spacial score (nSPS) is 15.2. The van der Waals surface area contributed by atoms with Gasteiger partial charge in [-0.1, -0.05) is 24.3 Å².